The molecule has 0 radical (unpaired) electrons. The van der Waals surface area contributed by atoms with Crippen molar-refractivity contribution in [3.8, 4) is 0 Å². The normalized spacial score (nSPS) is 22.2. The van der Waals surface area contributed by atoms with E-state index in [0.29, 0.717) is 36.9 Å². The Bertz CT molecular complexity index is 2060. The highest BCUT2D eigenvalue weighted by Gasteiger charge is 2.53. The first-order valence-electron chi connectivity index (χ1n) is 16.4. The summed E-state index contributed by atoms with van der Waals surface area (Å²) in [6.07, 6.45) is -1.97. The molecule has 4 aromatic rings. The third-order valence-corrected chi connectivity index (χ3v) is 9.65. The highest BCUT2D eigenvalue weighted by molar-refractivity contribution is 6.08. The van der Waals surface area contributed by atoms with Crippen molar-refractivity contribution in [2.24, 2.45) is 6.98 Å². The van der Waals surface area contributed by atoms with Crippen LogP contribution in [0.15, 0.2) is 41.3 Å². The molecule has 1 saturated carbocycles. The Morgan fingerprint density at radius 1 is 1.15 bits per heavy atom. The number of fused-ring (bicyclic) bond motifs is 2. The lowest BCUT2D eigenvalue weighted by atomic mass is 9.77. The number of carbonyl (C=O) groups excluding carboxylic acids is 2. The lowest BCUT2D eigenvalue weighted by molar-refractivity contribution is -0.136. The van der Waals surface area contributed by atoms with Crippen LogP contribution in [0.4, 0.5) is 29.6 Å². The van der Waals surface area contributed by atoms with Gasteiger partial charge in [0.25, 0.3) is 5.91 Å². The largest absolute Gasteiger partial charge is 0.453 e. The molecule has 1 spiro atoms. The number of aromatic nitrogens is 4. The fourth-order valence-electron chi connectivity index (χ4n) is 6.97. The highest BCUT2D eigenvalue weighted by Crippen LogP contribution is 2.40. The van der Waals surface area contributed by atoms with Crippen molar-refractivity contribution < 1.29 is 31.6 Å². The van der Waals surface area contributed by atoms with Gasteiger partial charge in [0, 0.05) is 54.3 Å². The number of likely N-dealkylation sites (N-methyl/N-ethyl adjacent to an activating group) is 1. The van der Waals surface area contributed by atoms with E-state index < -0.39 is 48.0 Å². The maximum Gasteiger partial charge on any atom is 0.418 e. The van der Waals surface area contributed by atoms with Crippen LogP contribution in [0.25, 0.3) is 21.9 Å². The number of likely N-dealkylation sites (tertiary alicyclic amines) is 2. The number of aryl methyl sites for hydroxylation is 1. The monoisotopic (exact) mass is 641 g/mol. The predicted molar refractivity (Wildman–Crippen MR) is 163 cm³/mol. The van der Waals surface area contributed by atoms with Crippen molar-refractivity contribution in [3.63, 3.8) is 0 Å². The van der Waals surface area contributed by atoms with E-state index in [1.165, 1.54) is 42.1 Å². The summed E-state index contributed by atoms with van der Waals surface area (Å²) in [5.74, 6) is -0.466. The second kappa shape index (κ2) is 10.7. The molecule has 2 atom stereocenters. The van der Waals surface area contributed by atoms with E-state index in [-0.39, 0.29) is 45.2 Å². The van der Waals surface area contributed by atoms with Crippen molar-refractivity contribution in [1.29, 1.82) is 0 Å². The second-order valence-corrected chi connectivity index (χ2v) is 12.3. The van der Waals surface area contributed by atoms with E-state index in [1.807, 2.05) is 7.05 Å². The van der Waals surface area contributed by atoms with E-state index in [1.54, 1.807) is 4.90 Å². The summed E-state index contributed by atoms with van der Waals surface area (Å²) in [7, 11) is 3.21. The van der Waals surface area contributed by atoms with Crippen LogP contribution in [-0.2, 0) is 17.9 Å². The van der Waals surface area contributed by atoms with Gasteiger partial charge in [-0.15, -0.1) is 0 Å². The topological polar surface area (TPSA) is 127 Å². The number of para-hydroxylation sites is 1. The van der Waals surface area contributed by atoms with Gasteiger partial charge in [-0.2, -0.15) is 13.2 Å². The molecule has 2 saturated heterocycles. The predicted octanol–water partition coefficient (Wildman–Crippen LogP) is 4.03. The molecule has 2 aliphatic heterocycles. The zero-order valence-electron chi connectivity index (χ0n) is 28.0. The average molecular weight is 642 g/mol. The number of anilines is 2. The minimum Gasteiger partial charge on any atom is -0.453 e. The van der Waals surface area contributed by atoms with Crippen LogP contribution in [0.1, 0.15) is 51.8 Å². The first-order valence-corrected chi connectivity index (χ1v) is 14.9. The number of nitrogens with zero attached hydrogens (tertiary/aromatic N) is 6. The molecule has 5 heterocycles. The summed E-state index contributed by atoms with van der Waals surface area (Å²) in [6, 6.07) is 5.59. The number of amides is 2. The number of carbonyl (C=O) groups is 2. The van der Waals surface area contributed by atoms with Gasteiger partial charge in [0.2, 0.25) is 0 Å². The van der Waals surface area contributed by atoms with Crippen LogP contribution in [0.3, 0.4) is 0 Å². The third-order valence-electron chi connectivity index (χ3n) is 9.65. The molecule has 7 rings (SSSR count). The number of alkyl carbamates (subject to hydrolysis) is 1. The first-order chi connectivity index (χ1) is 23.1. The SMILES string of the molecule is [2H]C([2H])([2H])n1c(=O)n([C@@H]2CC[C@@H](NC(=O)OC)C2)c2cc(Nc3cc(C(=O)N4CC5(CCN5C)C4)c4cccc(C(F)(F)F)c4n3)ncc21. The van der Waals surface area contributed by atoms with Crippen LogP contribution in [0.5, 0.6) is 0 Å². The lowest BCUT2D eigenvalue weighted by Gasteiger charge is -2.61. The number of pyridine rings is 2. The van der Waals surface area contributed by atoms with Crippen molar-refractivity contribution in [3.05, 3.63) is 58.1 Å². The lowest BCUT2D eigenvalue weighted by Crippen LogP contribution is -2.76. The van der Waals surface area contributed by atoms with E-state index in [2.05, 4.69) is 30.2 Å². The molecule has 2 N–H and O–H groups in total. The smallest absolute Gasteiger partial charge is 0.418 e. The quantitative estimate of drug-likeness (QED) is 0.335. The van der Waals surface area contributed by atoms with E-state index in [9.17, 15) is 27.6 Å². The Kier molecular flexibility index (Phi) is 6.18. The van der Waals surface area contributed by atoms with E-state index >= 15 is 0 Å². The first kappa shape index (κ1) is 26.5. The maximum atomic E-state index is 14.2. The zero-order chi connectivity index (χ0) is 35.0. The third kappa shape index (κ3) is 4.84. The fraction of sp³-hybridized carbons (Fsp3) is 0.452. The Hall–Kier alpha value is -4.66. The van der Waals surface area contributed by atoms with E-state index in [4.69, 9.17) is 4.11 Å². The van der Waals surface area contributed by atoms with Gasteiger partial charge < -0.3 is 20.3 Å². The number of rotatable bonds is 5. The number of hydrogen-bond donors (Lipinski definition) is 2. The summed E-state index contributed by atoms with van der Waals surface area (Å²) in [6.45, 7) is -1.01. The van der Waals surface area contributed by atoms with Crippen molar-refractivity contribution >= 4 is 45.6 Å². The van der Waals surface area contributed by atoms with Crippen LogP contribution >= 0.6 is 0 Å². The minimum absolute atomic E-state index is 0.0225. The van der Waals surface area contributed by atoms with Crippen molar-refractivity contribution in [2.45, 2.75) is 49.5 Å². The Labute approximate surface area is 265 Å². The molecule has 1 aliphatic carbocycles. The molecular formula is C31H33F3N8O4. The molecule has 0 bridgehead atoms. The summed E-state index contributed by atoms with van der Waals surface area (Å²) in [4.78, 5) is 51.5. The van der Waals surface area contributed by atoms with Gasteiger partial charge in [0.15, 0.2) is 0 Å². The number of benzene rings is 1. The maximum absolute atomic E-state index is 14.2. The van der Waals surface area contributed by atoms with Crippen LogP contribution < -0.4 is 16.3 Å². The number of halogens is 3. The number of hydrogen-bond acceptors (Lipinski definition) is 8. The second-order valence-electron chi connectivity index (χ2n) is 12.3. The molecular weight excluding hydrogens is 605 g/mol. The molecule has 3 aromatic heterocycles. The Morgan fingerprint density at radius 3 is 2.63 bits per heavy atom. The van der Waals surface area contributed by atoms with Crippen LogP contribution in [0, 0.1) is 0 Å². The summed E-state index contributed by atoms with van der Waals surface area (Å²) >= 11 is 0. The van der Waals surface area contributed by atoms with Gasteiger partial charge in [-0.05, 0) is 44.9 Å². The number of ether oxygens (including phenoxy) is 1. The minimum atomic E-state index is -4.76. The number of imidazole rings is 1. The Morgan fingerprint density at radius 2 is 1.96 bits per heavy atom. The standard InChI is InChI=1S/C31H33F3N8O4/c1-39-10-9-30(39)15-41(16-30)27(43)20-12-25(38-26-19(20)5-4-6-21(26)31(32,33)34)37-24-13-22-23(14-35-24)40(2)29(45)42(22)18-8-7-17(11-18)36-28(44)46-3/h4-6,12-14,17-18H,7-11,15-16H2,1-3H3,(H,36,44)(H,35,37,38)/t17-,18-/m1/s1/i2D3. The number of nitrogens with one attached hydrogen (secondary N) is 2. The van der Waals surface area contributed by atoms with Gasteiger partial charge in [0.05, 0.1) is 46.5 Å². The van der Waals surface area contributed by atoms with Crippen molar-refractivity contribution in [2.75, 3.05) is 39.1 Å². The van der Waals surface area contributed by atoms with Gasteiger partial charge in [-0.25, -0.2) is 19.6 Å². The summed E-state index contributed by atoms with van der Waals surface area (Å²) < 4.78 is 73.3. The molecule has 0 unspecified atom stereocenters. The summed E-state index contributed by atoms with van der Waals surface area (Å²) in [5, 5.41) is 5.67. The molecule has 15 heteroatoms. The molecule has 3 fully saturated rings. The highest BCUT2D eigenvalue weighted by atomic mass is 19.4. The number of methoxy groups -OCH3 is 1. The molecule has 12 nitrogen and oxygen atoms in total. The van der Waals surface area contributed by atoms with Gasteiger partial charge in [-0.1, -0.05) is 12.1 Å². The van der Waals surface area contributed by atoms with Crippen LogP contribution in [0.2, 0.25) is 0 Å². The summed E-state index contributed by atoms with van der Waals surface area (Å²) in [5.41, 5.74) is -2.05. The van der Waals surface area contributed by atoms with Gasteiger partial charge in [0.1, 0.15) is 11.6 Å². The van der Waals surface area contributed by atoms with Gasteiger partial charge >= 0.3 is 18.0 Å². The molecule has 46 heavy (non-hydrogen) atoms. The molecule has 1 aromatic carbocycles. The Balaban J connectivity index is 1.29. The van der Waals surface area contributed by atoms with Crippen molar-refractivity contribution in [1.82, 2.24) is 34.2 Å². The molecule has 2 amide bonds. The number of alkyl halides is 3. The van der Waals surface area contributed by atoms with E-state index in [0.717, 1.165) is 19.0 Å². The average Bonchev–Trinajstić information content (AvgIpc) is 3.58. The fourth-order valence-corrected chi connectivity index (χ4v) is 6.97. The van der Waals surface area contributed by atoms with Gasteiger partial charge in [-0.3, -0.25) is 18.8 Å². The zero-order valence-corrected chi connectivity index (χ0v) is 25.0. The molecule has 3 aliphatic rings. The molecule has 242 valence electrons. The van der Waals surface area contributed by atoms with Crippen LogP contribution in [-0.4, -0.2) is 86.3 Å².